The third kappa shape index (κ3) is 4.08. The standard InChI is InChI=1S/C11H19N3S/c1-8(2)5-6-15-10-9(3)7-13-11(12-4)14-10/h7-8H,5-6H2,1-4H3,(H,12,13,14). The number of hydrogen-bond acceptors (Lipinski definition) is 4. The number of anilines is 1. The summed E-state index contributed by atoms with van der Waals surface area (Å²) in [6, 6.07) is 0. The van der Waals surface area contributed by atoms with Gasteiger partial charge in [0.2, 0.25) is 5.95 Å². The van der Waals surface area contributed by atoms with E-state index in [0.29, 0.717) is 5.95 Å². The zero-order chi connectivity index (χ0) is 11.3. The average molecular weight is 225 g/mol. The van der Waals surface area contributed by atoms with Crippen molar-refractivity contribution in [2.45, 2.75) is 32.2 Å². The van der Waals surface area contributed by atoms with Crippen LogP contribution in [0.4, 0.5) is 5.95 Å². The predicted molar refractivity (Wildman–Crippen MR) is 66.5 cm³/mol. The minimum atomic E-state index is 0.702. The van der Waals surface area contributed by atoms with Gasteiger partial charge >= 0.3 is 0 Å². The molecule has 1 aromatic heterocycles. The Bertz CT molecular complexity index is 313. The first-order valence-corrected chi connectivity index (χ1v) is 6.26. The molecule has 0 bridgehead atoms. The van der Waals surface area contributed by atoms with Crippen molar-refractivity contribution >= 4 is 17.7 Å². The Morgan fingerprint density at radius 1 is 1.47 bits per heavy atom. The van der Waals surface area contributed by atoms with E-state index in [4.69, 9.17) is 0 Å². The summed E-state index contributed by atoms with van der Waals surface area (Å²) in [5.74, 6) is 2.58. The van der Waals surface area contributed by atoms with Gasteiger partial charge in [-0.2, -0.15) is 0 Å². The van der Waals surface area contributed by atoms with E-state index < -0.39 is 0 Å². The van der Waals surface area contributed by atoms with Crippen LogP contribution in [-0.2, 0) is 0 Å². The molecule has 84 valence electrons. The summed E-state index contributed by atoms with van der Waals surface area (Å²) in [6.45, 7) is 6.54. The van der Waals surface area contributed by atoms with E-state index in [-0.39, 0.29) is 0 Å². The molecule has 0 spiro atoms. The van der Waals surface area contributed by atoms with Crippen LogP contribution in [0.3, 0.4) is 0 Å². The predicted octanol–water partition coefficient (Wildman–Crippen LogP) is 2.96. The third-order valence-electron chi connectivity index (χ3n) is 2.08. The van der Waals surface area contributed by atoms with E-state index in [2.05, 4.69) is 36.1 Å². The minimum Gasteiger partial charge on any atom is -0.357 e. The normalized spacial score (nSPS) is 10.7. The van der Waals surface area contributed by atoms with Crippen LogP contribution in [0.2, 0.25) is 0 Å². The van der Waals surface area contributed by atoms with Gasteiger partial charge in [-0.05, 0) is 30.6 Å². The lowest BCUT2D eigenvalue weighted by molar-refractivity contribution is 0.632. The van der Waals surface area contributed by atoms with Crippen LogP contribution in [0, 0.1) is 12.8 Å². The molecule has 3 nitrogen and oxygen atoms in total. The van der Waals surface area contributed by atoms with Crippen LogP contribution in [-0.4, -0.2) is 22.8 Å². The second-order valence-corrected chi connectivity index (χ2v) is 5.05. The molecule has 1 rings (SSSR count). The van der Waals surface area contributed by atoms with Gasteiger partial charge in [0, 0.05) is 13.2 Å². The van der Waals surface area contributed by atoms with Gasteiger partial charge in [0.25, 0.3) is 0 Å². The number of nitrogens with one attached hydrogen (secondary N) is 1. The van der Waals surface area contributed by atoms with Crippen LogP contribution in [0.1, 0.15) is 25.8 Å². The largest absolute Gasteiger partial charge is 0.357 e. The van der Waals surface area contributed by atoms with E-state index in [9.17, 15) is 0 Å². The topological polar surface area (TPSA) is 37.8 Å². The second-order valence-electron chi connectivity index (χ2n) is 3.96. The SMILES string of the molecule is CNc1ncc(C)c(SCCC(C)C)n1. The van der Waals surface area contributed by atoms with E-state index in [1.165, 1.54) is 6.42 Å². The molecule has 15 heavy (non-hydrogen) atoms. The van der Waals surface area contributed by atoms with Crippen LogP contribution in [0.5, 0.6) is 0 Å². The first-order chi connectivity index (χ1) is 7.13. The second kappa shape index (κ2) is 5.95. The first kappa shape index (κ1) is 12.3. The monoisotopic (exact) mass is 225 g/mol. The summed E-state index contributed by atoms with van der Waals surface area (Å²) in [7, 11) is 1.84. The molecular formula is C11H19N3S. The van der Waals surface area contributed by atoms with Crippen molar-refractivity contribution in [1.82, 2.24) is 9.97 Å². The number of aryl methyl sites for hydroxylation is 1. The van der Waals surface area contributed by atoms with Crippen molar-refractivity contribution in [1.29, 1.82) is 0 Å². The van der Waals surface area contributed by atoms with Gasteiger partial charge < -0.3 is 5.32 Å². The maximum atomic E-state index is 4.43. The van der Waals surface area contributed by atoms with Gasteiger partial charge in [0.15, 0.2) is 0 Å². The summed E-state index contributed by atoms with van der Waals surface area (Å²) in [4.78, 5) is 8.59. The summed E-state index contributed by atoms with van der Waals surface area (Å²) < 4.78 is 0. The maximum absolute atomic E-state index is 4.43. The molecule has 1 heterocycles. The zero-order valence-electron chi connectivity index (χ0n) is 9.87. The highest BCUT2D eigenvalue weighted by Gasteiger charge is 2.04. The fourth-order valence-electron chi connectivity index (χ4n) is 1.08. The molecule has 0 aliphatic heterocycles. The molecule has 1 N–H and O–H groups in total. The molecule has 0 amide bonds. The molecule has 0 saturated heterocycles. The number of nitrogens with zero attached hydrogens (tertiary/aromatic N) is 2. The van der Waals surface area contributed by atoms with E-state index in [0.717, 1.165) is 22.3 Å². The van der Waals surface area contributed by atoms with Crippen LogP contribution in [0.25, 0.3) is 0 Å². The Kier molecular flexibility index (Phi) is 4.88. The molecule has 0 aromatic carbocycles. The van der Waals surface area contributed by atoms with Crippen LogP contribution >= 0.6 is 11.8 Å². The minimum absolute atomic E-state index is 0.702. The quantitative estimate of drug-likeness (QED) is 0.617. The van der Waals surface area contributed by atoms with Gasteiger partial charge in [-0.15, -0.1) is 11.8 Å². The van der Waals surface area contributed by atoms with Gasteiger partial charge in [0.05, 0.1) is 0 Å². The Morgan fingerprint density at radius 3 is 2.80 bits per heavy atom. The molecule has 0 radical (unpaired) electrons. The molecular weight excluding hydrogens is 206 g/mol. The van der Waals surface area contributed by atoms with Crippen molar-refractivity contribution in [3.05, 3.63) is 11.8 Å². The van der Waals surface area contributed by atoms with Gasteiger partial charge in [0.1, 0.15) is 5.03 Å². The fraction of sp³-hybridized carbons (Fsp3) is 0.636. The lowest BCUT2D eigenvalue weighted by Crippen LogP contribution is -1.99. The molecule has 4 heteroatoms. The number of rotatable bonds is 5. The lowest BCUT2D eigenvalue weighted by Gasteiger charge is -2.07. The molecule has 0 aliphatic rings. The zero-order valence-corrected chi connectivity index (χ0v) is 10.7. The number of aromatic nitrogens is 2. The highest BCUT2D eigenvalue weighted by atomic mass is 32.2. The van der Waals surface area contributed by atoms with Crippen molar-refractivity contribution in [3.63, 3.8) is 0 Å². The summed E-state index contributed by atoms with van der Waals surface area (Å²) in [5.41, 5.74) is 1.16. The smallest absolute Gasteiger partial charge is 0.223 e. The molecule has 0 aliphatic carbocycles. The Hall–Kier alpha value is -0.770. The molecule has 1 aromatic rings. The maximum Gasteiger partial charge on any atom is 0.223 e. The molecule has 0 unspecified atom stereocenters. The van der Waals surface area contributed by atoms with Crippen molar-refractivity contribution in [2.24, 2.45) is 5.92 Å². The Balaban J connectivity index is 2.59. The molecule has 0 fully saturated rings. The fourth-order valence-corrected chi connectivity index (χ4v) is 2.30. The first-order valence-electron chi connectivity index (χ1n) is 5.27. The summed E-state index contributed by atoms with van der Waals surface area (Å²) in [5, 5.41) is 4.05. The Labute approximate surface area is 96.1 Å². The van der Waals surface area contributed by atoms with Crippen LogP contribution in [0.15, 0.2) is 11.2 Å². The van der Waals surface area contributed by atoms with Gasteiger partial charge in [-0.3, -0.25) is 0 Å². The molecule has 0 atom stereocenters. The number of hydrogen-bond donors (Lipinski definition) is 1. The van der Waals surface area contributed by atoms with Crippen molar-refractivity contribution in [2.75, 3.05) is 18.1 Å². The van der Waals surface area contributed by atoms with E-state index in [1.54, 1.807) is 0 Å². The van der Waals surface area contributed by atoms with Crippen molar-refractivity contribution < 1.29 is 0 Å². The Morgan fingerprint density at radius 2 is 2.20 bits per heavy atom. The summed E-state index contributed by atoms with van der Waals surface area (Å²) in [6.07, 6.45) is 3.10. The van der Waals surface area contributed by atoms with E-state index >= 15 is 0 Å². The van der Waals surface area contributed by atoms with Crippen LogP contribution < -0.4 is 5.32 Å². The number of thioether (sulfide) groups is 1. The highest BCUT2D eigenvalue weighted by Crippen LogP contribution is 2.22. The van der Waals surface area contributed by atoms with E-state index in [1.807, 2.05) is 25.0 Å². The summed E-state index contributed by atoms with van der Waals surface area (Å²) >= 11 is 1.81. The third-order valence-corrected chi connectivity index (χ3v) is 3.21. The van der Waals surface area contributed by atoms with Gasteiger partial charge in [-0.1, -0.05) is 13.8 Å². The average Bonchev–Trinajstić information content (AvgIpc) is 2.20. The molecule has 0 saturated carbocycles. The highest BCUT2D eigenvalue weighted by molar-refractivity contribution is 7.99. The van der Waals surface area contributed by atoms with Gasteiger partial charge in [-0.25, -0.2) is 9.97 Å². The van der Waals surface area contributed by atoms with Crippen molar-refractivity contribution in [3.8, 4) is 0 Å². The lowest BCUT2D eigenvalue weighted by atomic mass is 10.2.